The molecule has 0 atom stereocenters. The topological polar surface area (TPSA) is 64.6 Å². The third-order valence-corrected chi connectivity index (χ3v) is 4.72. The minimum atomic E-state index is -3.38. The molecule has 1 aromatic carbocycles. The number of alkyl halides is 1. The van der Waals surface area contributed by atoms with E-state index in [-0.39, 0.29) is 4.66 Å². The monoisotopic (exact) mass is 337 g/mol. The number of halogens is 1. The van der Waals surface area contributed by atoms with Gasteiger partial charge in [-0.1, -0.05) is 22.0 Å². The highest BCUT2D eigenvalue weighted by Gasteiger charge is 2.12. The fourth-order valence-electron chi connectivity index (χ4n) is 1.26. The van der Waals surface area contributed by atoms with E-state index in [2.05, 4.69) is 20.7 Å². The highest BCUT2D eigenvalue weighted by atomic mass is 79.9. The second-order valence-electron chi connectivity index (χ2n) is 3.67. The van der Waals surface area contributed by atoms with Gasteiger partial charge >= 0.3 is 0 Å². The Kier molecular flexibility index (Phi) is 5.90. The van der Waals surface area contributed by atoms with Gasteiger partial charge in [-0.05, 0) is 24.6 Å². The van der Waals surface area contributed by atoms with Crippen LogP contribution in [-0.4, -0.2) is 33.4 Å². The number of benzene rings is 1. The Hall–Kier alpha value is -0.790. The van der Waals surface area contributed by atoms with Crippen LogP contribution in [0.4, 0.5) is 5.69 Å². The maximum atomic E-state index is 11.5. The van der Waals surface area contributed by atoms with Gasteiger partial charge in [0.05, 0.1) is 12.3 Å². The van der Waals surface area contributed by atoms with Gasteiger partial charge in [0.25, 0.3) is 0 Å². The molecule has 7 heteroatoms. The predicted octanol–water partition coefficient (Wildman–Crippen LogP) is 2.11. The zero-order chi connectivity index (χ0) is 13.6. The number of nitrogens with one attached hydrogen (secondary N) is 1. The number of sulfonamides is 1. The first-order chi connectivity index (χ1) is 8.48. The highest BCUT2D eigenvalue weighted by molar-refractivity contribution is 9.10. The minimum absolute atomic E-state index is 0.161. The summed E-state index contributed by atoms with van der Waals surface area (Å²) in [6, 6.07) is 5.27. The number of hydrogen-bond acceptors (Lipinski definition) is 4. The Labute approximate surface area is 116 Å². The van der Waals surface area contributed by atoms with Gasteiger partial charge in [0, 0.05) is 7.11 Å². The van der Waals surface area contributed by atoms with Crippen LogP contribution in [0.25, 0.3) is 0 Å². The van der Waals surface area contributed by atoms with Crippen LogP contribution >= 0.6 is 15.9 Å². The van der Waals surface area contributed by atoms with Crippen LogP contribution in [0.15, 0.2) is 18.2 Å². The lowest BCUT2D eigenvalue weighted by atomic mass is 10.2. The van der Waals surface area contributed by atoms with E-state index < -0.39 is 10.0 Å². The van der Waals surface area contributed by atoms with Crippen molar-refractivity contribution in [3.63, 3.8) is 0 Å². The van der Waals surface area contributed by atoms with Crippen LogP contribution in [0, 0.1) is 6.92 Å². The second-order valence-corrected chi connectivity index (χ2v) is 6.69. The summed E-state index contributed by atoms with van der Waals surface area (Å²) in [5.74, 6) is 0.497. The summed E-state index contributed by atoms with van der Waals surface area (Å²) in [6.45, 7) is 2.72. The molecule has 1 N–H and O–H groups in total. The van der Waals surface area contributed by atoms with Crippen molar-refractivity contribution in [2.75, 3.05) is 29.7 Å². The summed E-state index contributed by atoms with van der Waals surface area (Å²) in [6.07, 6.45) is 0. The number of aryl methyl sites for hydroxylation is 1. The molecule has 0 amide bonds. The van der Waals surface area contributed by atoms with Gasteiger partial charge < -0.3 is 9.47 Å². The van der Waals surface area contributed by atoms with Crippen molar-refractivity contribution in [2.24, 2.45) is 0 Å². The Morgan fingerprint density at radius 3 is 2.67 bits per heavy atom. The molecule has 0 radical (unpaired) electrons. The fourth-order valence-corrected chi connectivity index (χ4v) is 2.16. The van der Waals surface area contributed by atoms with Gasteiger partial charge in [-0.3, -0.25) is 4.72 Å². The van der Waals surface area contributed by atoms with E-state index in [1.54, 1.807) is 19.2 Å². The average Bonchev–Trinajstić information content (AvgIpc) is 2.33. The van der Waals surface area contributed by atoms with Crippen molar-refractivity contribution in [2.45, 2.75) is 6.92 Å². The minimum Gasteiger partial charge on any atom is -0.489 e. The molecular formula is C11H16BrNO4S. The van der Waals surface area contributed by atoms with E-state index in [9.17, 15) is 8.42 Å². The van der Waals surface area contributed by atoms with E-state index in [0.29, 0.717) is 24.7 Å². The first-order valence-electron chi connectivity index (χ1n) is 5.27. The molecule has 1 aromatic rings. The molecule has 0 aliphatic carbocycles. The lowest BCUT2D eigenvalue weighted by Crippen LogP contribution is -2.15. The number of methoxy groups -OCH3 is 1. The molecule has 102 valence electrons. The zero-order valence-electron chi connectivity index (χ0n) is 10.3. The van der Waals surface area contributed by atoms with Crippen molar-refractivity contribution in [3.05, 3.63) is 23.8 Å². The third-order valence-electron chi connectivity index (χ3n) is 2.09. The van der Waals surface area contributed by atoms with Gasteiger partial charge in [0.15, 0.2) is 0 Å². The van der Waals surface area contributed by atoms with Crippen molar-refractivity contribution < 1.29 is 17.9 Å². The Morgan fingerprint density at radius 1 is 1.33 bits per heavy atom. The van der Waals surface area contributed by atoms with Crippen LogP contribution < -0.4 is 9.46 Å². The Bertz CT molecular complexity index is 490. The van der Waals surface area contributed by atoms with Crippen molar-refractivity contribution in [1.29, 1.82) is 0 Å². The molecular weight excluding hydrogens is 322 g/mol. The Morgan fingerprint density at radius 2 is 2.06 bits per heavy atom. The molecule has 0 aliphatic heterocycles. The summed E-state index contributed by atoms with van der Waals surface area (Å²) >= 11 is 2.92. The van der Waals surface area contributed by atoms with Crippen molar-refractivity contribution >= 4 is 31.6 Å². The van der Waals surface area contributed by atoms with Gasteiger partial charge in [0.1, 0.15) is 17.0 Å². The summed E-state index contributed by atoms with van der Waals surface area (Å²) in [7, 11) is -1.81. The van der Waals surface area contributed by atoms with E-state index in [4.69, 9.17) is 9.47 Å². The normalized spacial score (nSPS) is 11.3. The van der Waals surface area contributed by atoms with E-state index in [1.807, 2.05) is 13.0 Å². The molecule has 0 aliphatic rings. The first kappa shape index (κ1) is 15.3. The zero-order valence-corrected chi connectivity index (χ0v) is 12.7. The van der Waals surface area contributed by atoms with Crippen LogP contribution in [-0.2, 0) is 14.8 Å². The second kappa shape index (κ2) is 6.96. The number of anilines is 1. The maximum Gasteiger partial charge on any atom is 0.242 e. The van der Waals surface area contributed by atoms with Crippen molar-refractivity contribution in [1.82, 2.24) is 0 Å². The molecule has 0 saturated carbocycles. The maximum absolute atomic E-state index is 11.5. The SMILES string of the molecule is COCCOc1cc(C)ccc1NS(=O)(=O)CBr. The first-order valence-corrected chi connectivity index (χ1v) is 8.04. The van der Waals surface area contributed by atoms with Crippen LogP contribution in [0.5, 0.6) is 5.75 Å². The molecule has 0 fully saturated rings. The molecule has 0 aromatic heterocycles. The van der Waals surface area contributed by atoms with Gasteiger partial charge in [-0.2, -0.15) is 0 Å². The molecule has 0 heterocycles. The smallest absolute Gasteiger partial charge is 0.242 e. The van der Waals surface area contributed by atoms with Crippen LogP contribution in [0.1, 0.15) is 5.56 Å². The fraction of sp³-hybridized carbons (Fsp3) is 0.455. The van der Waals surface area contributed by atoms with E-state index in [1.165, 1.54) is 0 Å². The largest absolute Gasteiger partial charge is 0.489 e. The number of hydrogen-bond donors (Lipinski definition) is 1. The van der Waals surface area contributed by atoms with Crippen LogP contribution in [0.3, 0.4) is 0 Å². The highest BCUT2D eigenvalue weighted by Crippen LogP contribution is 2.27. The molecule has 0 bridgehead atoms. The number of ether oxygens (including phenoxy) is 2. The summed E-state index contributed by atoms with van der Waals surface area (Å²) < 4.78 is 35.7. The molecule has 18 heavy (non-hydrogen) atoms. The van der Waals surface area contributed by atoms with E-state index in [0.717, 1.165) is 5.56 Å². The predicted molar refractivity (Wildman–Crippen MR) is 74.9 cm³/mol. The molecule has 0 saturated heterocycles. The number of rotatable bonds is 7. The van der Waals surface area contributed by atoms with Crippen LogP contribution in [0.2, 0.25) is 0 Å². The summed E-state index contributed by atoms with van der Waals surface area (Å²) in [5.41, 5.74) is 1.42. The van der Waals surface area contributed by atoms with E-state index >= 15 is 0 Å². The molecule has 5 nitrogen and oxygen atoms in total. The standard InChI is InChI=1S/C11H16BrNO4S/c1-9-3-4-10(13-18(14,15)8-12)11(7-9)17-6-5-16-2/h3-4,7,13H,5-6,8H2,1-2H3. The molecule has 0 unspecified atom stereocenters. The van der Waals surface area contributed by atoms with Gasteiger partial charge in [-0.15, -0.1) is 0 Å². The summed E-state index contributed by atoms with van der Waals surface area (Å²) in [5, 5.41) is 0. The Balaban J connectivity index is 2.89. The molecule has 0 spiro atoms. The molecule has 1 rings (SSSR count). The quantitative estimate of drug-likeness (QED) is 0.611. The average molecular weight is 338 g/mol. The van der Waals surface area contributed by atoms with Gasteiger partial charge in [-0.25, -0.2) is 8.42 Å². The summed E-state index contributed by atoms with van der Waals surface area (Å²) in [4.78, 5) is 0. The lowest BCUT2D eigenvalue weighted by molar-refractivity contribution is 0.146. The lowest BCUT2D eigenvalue weighted by Gasteiger charge is -2.13. The van der Waals surface area contributed by atoms with Gasteiger partial charge in [0.2, 0.25) is 10.0 Å². The van der Waals surface area contributed by atoms with Crippen molar-refractivity contribution in [3.8, 4) is 5.75 Å². The third kappa shape index (κ3) is 4.83.